The van der Waals surface area contributed by atoms with Crippen molar-refractivity contribution in [2.24, 2.45) is 0 Å². The zero-order valence-corrected chi connectivity index (χ0v) is 17.4. The molecule has 0 aliphatic carbocycles. The highest BCUT2D eigenvalue weighted by Crippen LogP contribution is 2.35. The lowest BCUT2D eigenvalue weighted by molar-refractivity contribution is -0.0406. The fourth-order valence-electron chi connectivity index (χ4n) is 3.30. The van der Waals surface area contributed by atoms with Crippen molar-refractivity contribution in [3.05, 3.63) is 47.5 Å². The Balaban J connectivity index is 1.62. The number of likely N-dealkylation sites (N-methyl/N-ethyl adjacent to an activating group) is 1. The molecule has 1 aliphatic heterocycles. The second kappa shape index (κ2) is 8.99. The predicted octanol–water partition coefficient (Wildman–Crippen LogP) is 3.88. The van der Waals surface area contributed by atoms with Crippen LogP contribution < -0.4 is 14.8 Å². The van der Waals surface area contributed by atoms with Crippen LogP contribution in [-0.4, -0.2) is 61.4 Å². The summed E-state index contributed by atoms with van der Waals surface area (Å²) in [6.45, 7) is 2.80. The van der Waals surface area contributed by atoms with Gasteiger partial charge < -0.3 is 24.4 Å². The van der Waals surface area contributed by atoms with Crippen LogP contribution in [0.25, 0.3) is 10.9 Å². The zero-order chi connectivity index (χ0) is 21.1. The van der Waals surface area contributed by atoms with Gasteiger partial charge in [0.05, 0.1) is 24.3 Å². The summed E-state index contributed by atoms with van der Waals surface area (Å²) >= 11 is 5.89. The SMILES string of the molecule is COc1cc2ncnc(Nc3ccc(F)c(Cl)c3)c2cc1OC[C@@H]1CN(C)CCO1. The summed E-state index contributed by atoms with van der Waals surface area (Å²) in [5.74, 6) is 1.20. The summed E-state index contributed by atoms with van der Waals surface area (Å²) in [6.07, 6.45) is 1.43. The molecule has 2 aromatic carbocycles. The number of hydrogen-bond acceptors (Lipinski definition) is 7. The average molecular weight is 433 g/mol. The Morgan fingerprint density at radius 2 is 2.13 bits per heavy atom. The molecular formula is C21H22ClFN4O3. The number of morpholine rings is 1. The van der Waals surface area contributed by atoms with Crippen molar-refractivity contribution in [2.45, 2.75) is 6.10 Å². The third-order valence-electron chi connectivity index (χ3n) is 4.87. The number of halogens is 2. The molecule has 158 valence electrons. The van der Waals surface area contributed by atoms with E-state index in [1.807, 2.05) is 6.07 Å². The van der Waals surface area contributed by atoms with E-state index < -0.39 is 5.82 Å². The third-order valence-corrected chi connectivity index (χ3v) is 5.16. The van der Waals surface area contributed by atoms with Crippen LogP contribution >= 0.6 is 11.6 Å². The fraction of sp³-hybridized carbons (Fsp3) is 0.333. The summed E-state index contributed by atoms with van der Waals surface area (Å²) in [7, 11) is 3.64. The number of hydrogen-bond donors (Lipinski definition) is 1. The molecule has 1 fully saturated rings. The highest BCUT2D eigenvalue weighted by atomic mass is 35.5. The van der Waals surface area contributed by atoms with Crippen LogP contribution in [0.3, 0.4) is 0 Å². The van der Waals surface area contributed by atoms with Crippen molar-refractivity contribution >= 4 is 34.0 Å². The molecule has 0 amide bonds. The van der Waals surface area contributed by atoms with Crippen LogP contribution in [0.2, 0.25) is 5.02 Å². The van der Waals surface area contributed by atoms with Crippen molar-refractivity contribution < 1.29 is 18.6 Å². The highest BCUT2D eigenvalue weighted by Gasteiger charge is 2.20. The standard InChI is InChI=1S/C21H22ClFN4O3/c1-27-5-6-29-14(10-27)11-30-20-8-15-18(9-19(20)28-2)24-12-25-21(15)26-13-3-4-17(23)16(22)7-13/h3-4,7-9,12,14H,5-6,10-11H2,1-2H3,(H,24,25,26)/t14-/m0/s1. The summed E-state index contributed by atoms with van der Waals surface area (Å²) < 4.78 is 30.7. The molecule has 1 aliphatic rings. The molecule has 9 heteroatoms. The Kier molecular flexibility index (Phi) is 6.17. The van der Waals surface area contributed by atoms with E-state index in [9.17, 15) is 4.39 Å². The normalized spacial score (nSPS) is 17.1. The van der Waals surface area contributed by atoms with E-state index in [1.54, 1.807) is 19.2 Å². The molecule has 3 aromatic rings. The topological polar surface area (TPSA) is 68.7 Å². The Morgan fingerprint density at radius 3 is 2.90 bits per heavy atom. The monoisotopic (exact) mass is 432 g/mol. The molecule has 1 saturated heterocycles. The van der Waals surface area contributed by atoms with Gasteiger partial charge in [0.2, 0.25) is 0 Å². The van der Waals surface area contributed by atoms with Crippen molar-refractivity contribution in [1.82, 2.24) is 14.9 Å². The maximum atomic E-state index is 13.5. The van der Waals surface area contributed by atoms with Gasteiger partial charge in [-0.1, -0.05) is 11.6 Å². The second-order valence-electron chi connectivity index (χ2n) is 7.06. The average Bonchev–Trinajstić information content (AvgIpc) is 2.74. The van der Waals surface area contributed by atoms with Crippen LogP contribution in [0.1, 0.15) is 0 Å². The van der Waals surface area contributed by atoms with Crippen LogP contribution in [-0.2, 0) is 4.74 Å². The molecule has 1 aromatic heterocycles. The molecule has 1 atom stereocenters. The molecule has 0 spiro atoms. The van der Waals surface area contributed by atoms with E-state index in [4.69, 9.17) is 25.8 Å². The number of benzene rings is 2. The first-order valence-electron chi connectivity index (χ1n) is 9.51. The lowest BCUT2D eigenvalue weighted by Crippen LogP contribution is -2.42. The van der Waals surface area contributed by atoms with Crippen LogP contribution in [0.15, 0.2) is 36.7 Å². The molecular weight excluding hydrogens is 411 g/mol. The number of methoxy groups -OCH3 is 1. The maximum absolute atomic E-state index is 13.5. The minimum absolute atomic E-state index is 0.0184. The molecule has 0 saturated carbocycles. The van der Waals surface area contributed by atoms with Gasteiger partial charge in [0, 0.05) is 30.2 Å². The largest absolute Gasteiger partial charge is 0.493 e. The van der Waals surface area contributed by atoms with Gasteiger partial charge in [-0.25, -0.2) is 14.4 Å². The number of ether oxygens (including phenoxy) is 3. The first-order chi connectivity index (χ1) is 14.5. The molecule has 2 heterocycles. The van der Waals surface area contributed by atoms with Gasteiger partial charge in [-0.2, -0.15) is 0 Å². The van der Waals surface area contributed by atoms with Gasteiger partial charge in [0.1, 0.15) is 30.7 Å². The summed E-state index contributed by atoms with van der Waals surface area (Å²) in [5.41, 5.74) is 1.29. The van der Waals surface area contributed by atoms with E-state index in [2.05, 4.69) is 27.2 Å². The molecule has 30 heavy (non-hydrogen) atoms. The van der Waals surface area contributed by atoms with Gasteiger partial charge in [0.15, 0.2) is 11.5 Å². The van der Waals surface area contributed by atoms with E-state index >= 15 is 0 Å². The maximum Gasteiger partial charge on any atom is 0.162 e. The first-order valence-corrected chi connectivity index (χ1v) is 9.89. The third kappa shape index (κ3) is 4.56. The minimum atomic E-state index is -0.481. The van der Waals surface area contributed by atoms with Crippen molar-refractivity contribution in [1.29, 1.82) is 0 Å². The predicted molar refractivity (Wildman–Crippen MR) is 114 cm³/mol. The number of rotatable bonds is 6. The highest BCUT2D eigenvalue weighted by molar-refractivity contribution is 6.31. The second-order valence-corrected chi connectivity index (χ2v) is 7.47. The minimum Gasteiger partial charge on any atom is -0.493 e. The van der Waals surface area contributed by atoms with Crippen LogP contribution in [0, 0.1) is 5.82 Å². The van der Waals surface area contributed by atoms with Gasteiger partial charge in [0.25, 0.3) is 0 Å². The van der Waals surface area contributed by atoms with Crippen LogP contribution in [0.4, 0.5) is 15.9 Å². The van der Waals surface area contributed by atoms with Gasteiger partial charge in [-0.3, -0.25) is 0 Å². The Hall–Kier alpha value is -2.68. The number of anilines is 2. The number of fused-ring (bicyclic) bond motifs is 1. The van der Waals surface area contributed by atoms with E-state index in [0.29, 0.717) is 41.7 Å². The van der Waals surface area contributed by atoms with Crippen LogP contribution in [0.5, 0.6) is 11.5 Å². The molecule has 1 N–H and O–H groups in total. The quantitative estimate of drug-likeness (QED) is 0.633. The fourth-order valence-corrected chi connectivity index (χ4v) is 3.48. The Morgan fingerprint density at radius 1 is 1.27 bits per heavy atom. The van der Waals surface area contributed by atoms with Gasteiger partial charge in [-0.15, -0.1) is 0 Å². The van der Waals surface area contributed by atoms with Crippen molar-refractivity contribution in [3.63, 3.8) is 0 Å². The van der Waals surface area contributed by atoms with E-state index in [0.717, 1.165) is 18.5 Å². The smallest absolute Gasteiger partial charge is 0.162 e. The summed E-state index contributed by atoms with van der Waals surface area (Å²) in [5, 5.41) is 3.92. The lowest BCUT2D eigenvalue weighted by Gasteiger charge is -2.30. The molecule has 0 unspecified atom stereocenters. The van der Waals surface area contributed by atoms with Gasteiger partial charge >= 0.3 is 0 Å². The van der Waals surface area contributed by atoms with Crippen molar-refractivity contribution in [2.75, 3.05) is 45.8 Å². The molecule has 4 rings (SSSR count). The molecule has 0 radical (unpaired) electrons. The van der Waals surface area contributed by atoms with Gasteiger partial charge in [-0.05, 0) is 31.3 Å². The number of aromatic nitrogens is 2. The van der Waals surface area contributed by atoms with E-state index in [1.165, 1.54) is 18.5 Å². The Bertz CT molecular complexity index is 1050. The number of nitrogens with one attached hydrogen (secondary N) is 1. The summed E-state index contributed by atoms with van der Waals surface area (Å²) in [6, 6.07) is 8.01. The zero-order valence-electron chi connectivity index (χ0n) is 16.7. The van der Waals surface area contributed by atoms with E-state index in [-0.39, 0.29) is 11.1 Å². The lowest BCUT2D eigenvalue weighted by atomic mass is 10.2. The first kappa shape index (κ1) is 20.6. The van der Waals surface area contributed by atoms with Crippen molar-refractivity contribution in [3.8, 4) is 11.5 Å². The molecule has 7 nitrogen and oxygen atoms in total. The number of nitrogens with zero attached hydrogens (tertiary/aromatic N) is 3. The molecule has 0 bridgehead atoms. The Labute approximate surface area is 178 Å². The summed E-state index contributed by atoms with van der Waals surface area (Å²) in [4.78, 5) is 10.9.